The van der Waals surface area contributed by atoms with E-state index in [1.807, 2.05) is 6.07 Å². The van der Waals surface area contributed by atoms with Crippen LogP contribution in [0.3, 0.4) is 0 Å². The Morgan fingerprint density at radius 3 is 2.65 bits per heavy atom. The number of anilines is 1. The number of hydrogen-bond acceptors (Lipinski definition) is 7. The van der Waals surface area contributed by atoms with Crippen LogP contribution in [-0.2, 0) is 13.0 Å². The van der Waals surface area contributed by atoms with Gasteiger partial charge in [-0.2, -0.15) is 5.10 Å². The molecule has 2 aromatic carbocycles. The van der Waals surface area contributed by atoms with Crippen LogP contribution in [0, 0.1) is 18.6 Å². The number of carbonyl (C=O) groups is 1. The number of nitrogens with one attached hydrogen (secondary N) is 2. The highest BCUT2D eigenvalue weighted by molar-refractivity contribution is 6.12. The van der Waals surface area contributed by atoms with Gasteiger partial charge in [0.05, 0.1) is 29.3 Å². The molecule has 0 unspecified atom stereocenters. The fourth-order valence-corrected chi connectivity index (χ4v) is 6.27. The number of fused-ring (bicyclic) bond motifs is 3. The molecule has 0 spiro atoms. The molecule has 5 aromatic rings. The number of carbonyl (C=O) groups excluding carboxylic acids is 1. The van der Waals surface area contributed by atoms with Gasteiger partial charge in [-0.3, -0.25) is 9.69 Å². The monoisotopic (exact) mass is 583 g/mol. The minimum atomic E-state index is -0.834. The number of piperidine rings is 1. The largest absolute Gasteiger partial charge is 0.433 e. The number of benzene rings is 2. The summed E-state index contributed by atoms with van der Waals surface area (Å²) in [5, 5.41) is 8.87. The summed E-state index contributed by atoms with van der Waals surface area (Å²) in [4.78, 5) is 23.7. The molecule has 4 N–H and O–H groups in total. The van der Waals surface area contributed by atoms with Gasteiger partial charge in [-0.25, -0.2) is 18.4 Å². The highest BCUT2D eigenvalue weighted by Crippen LogP contribution is 2.32. The maximum absolute atomic E-state index is 14.0. The first-order valence-corrected chi connectivity index (χ1v) is 14.4. The summed E-state index contributed by atoms with van der Waals surface area (Å²) < 4.78 is 34.8. The van der Waals surface area contributed by atoms with Crippen LogP contribution in [0.25, 0.3) is 16.6 Å². The molecular formula is C32H31F2N7O2. The van der Waals surface area contributed by atoms with E-state index in [1.54, 1.807) is 6.92 Å². The summed E-state index contributed by atoms with van der Waals surface area (Å²) in [5.74, 6) is -2.30. The molecule has 220 valence electrons. The first-order chi connectivity index (χ1) is 20.9. The summed E-state index contributed by atoms with van der Waals surface area (Å²) in [6.45, 7) is 5.84. The fourth-order valence-electron chi connectivity index (χ4n) is 6.27. The van der Waals surface area contributed by atoms with Crippen molar-refractivity contribution in [2.24, 2.45) is 0 Å². The molecule has 1 fully saturated rings. The van der Waals surface area contributed by atoms with E-state index in [0.29, 0.717) is 23.0 Å². The van der Waals surface area contributed by atoms with Crippen LogP contribution in [-0.4, -0.2) is 56.1 Å². The maximum Gasteiger partial charge on any atom is 0.219 e. The van der Waals surface area contributed by atoms with Crippen LogP contribution in [0.5, 0.6) is 11.6 Å². The Bertz CT molecular complexity index is 1840. The van der Waals surface area contributed by atoms with Crippen LogP contribution >= 0.6 is 0 Å². The molecule has 0 atom stereocenters. The number of ether oxygens (including phenoxy) is 1. The van der Waals surface area contributed by atoms with E-state index >= 15 is 0 Å². The number of halogens is 2. The zero-order chi connectivity index (χ0) is 29.7. The Morgan fingerprint density at radius 2 is 1.88 bits per heavy atom. The standard InChI is InChI=1S/C32H31F2N7O2/c1-18-13-29(43-31-24(33)3-2-4-25(31)34)37-16-28(18)41-32(35)23(15-38-41)30(42)27-14-22-21-9-12-40(20-7-10-36-11-8-20)17-19(21)5-6-26(22)39-27/h2-6,13-16,20,36,39H,7-12,17,35H2,1H3. The van der Waals surface area contributed by atoms with Crippen molar-refractivity contribution in [1.82, 2.24) is 30.0 Å². The molecule has 43 heavy (non-hydrogen) atoms. The fraction of sp³-hybridized carbons (Fsp3) is 0.281. The number of pyridine rings is 1. The van der Waals surface area contributed by atoms with Crippen molar-refractivity contribution >= 4 is 22.5 Å². The van der Waals surface area contributed by atoms with E-state index in [0.717, 1.165) is 55.6 Å². The average Bonchev–Trinajstić information content (AvgIpc) is 3.63. The number of rotatable bonds is 6. The summed E-state index contributed by atoms with van der Waals surface area (Å²) in [7, 11) is 0. The SMILES string of the molecule is Cc1cc(Oc2c(F)cccc2F)ncc1-n1ncc(C(=O)c2cc3c4c(ccc3[nH]2)CN(C2CCNCC2)CC4)c1N. The van der Waals surface area contributed by atoms with Crippen molar-refractivity contribution in [2.75, 3.05) is 25.4 Å². The molecule has 5 heterocycles. The molecule has 0 bridgehead atoms. The molecule has 3 aromatic heterocycles. The van der Waals surface area contributed by atoms with Crippen LogP contribution < -0.4 is 15.8 Å². The molecule has 1 saturated heterocycles. The van der Waals surface area contributed by atoms with Gasteiger partial charge < -0.3 is 20.8 Å². The lowest BCUT2D eigenvalue weighted by molar-refractivity contribution is 0.103. The van der Waals surface area contributed by atoms with Crippen LogP contribution in [0.2, 0.25) is 0 Å². The minimum Gasteiger partial charge on any atom is -0.433 e. The number of nitrogens with two attached hydrogens (primary N) is 1. The van der Waals surface area contributed by atoms with E-state index in [2.05, 4.69) is 37.4 Å². The lowest BCUT2D eigenvalue weighted by atomic mass is 9.93. The quantitative estimate of drug-likeness (QED) is 0.240. The average molecular weight is 584 g/mol. The van der Waals surface area contributed by atoms with Gasteiger partial charge in [-0.05, 0) is 80.2 Å². The lowest BCUT2D eigenvalue weighted by Gasteiger charge is -2.38. The number of ketones is 1. The minimum absolute atomic E-state index is 0.00700. The Labute approximate surface area is 246 Å². The van der Waals surface area contributed by atoms with Gasteiger partial charge in [0.2, 0.25) is 17.4 Å². The third-order valence-corrected chi connectivity index (χ3v) is 8.57. The third-order valence-electron chi connectivity index (χ3n) is 8.57. The molecule has 0 saturated carbocycles. The Kier molecular flexibility index (Phi) is 6.91. The van der Waals surface area contributed by atoms with E-state index in [-0.39, 0.29) is 23.0 Å². The second-order valence-electron chi connectivity index (χ2n) is 11.2. The Hall–Kier alpha value is -4.61. The Balaban J connectivity index is 1.13. The molecule has 0 aliphatic carbocycles. The first kappa shape index (κ1) is 27.2. The zero-order valence-electron chi connectivity index (χ0n) is 23.7. The van der Waals surface area contributed by atoms with E-state index in [9.17, 15) is 13.6 Å². The molecular weight excluding hydrogens is 552 g/mol. The normalized spacial score (nSPS) is 16.0. The van der Waals surface area contributed by atoms with Crippen molar-refractivity contribution in [3.63, 3.8) is 0 Å². The van der Waals surface area contributed by atoms with Gasteiger partial charge in [0.1, 0.15) is 5.82 Å². The molecule has 0 radical (unpaired) electrons. The van der Waals surface area contributed by atoms with Crippen molar-refractivity contribution < 1.29 is 18.3 Å². The summed E-state index contributed by atoms with van der Waals surface area (Å²) >= 11 is 0. The molecule has 7 rings (SSSR count). The van der Waals surface area contributed by atoms with Crippen LogP contribution in [0.15, 0.2) is 54.9 Å². The molecule has 2 aliphatic rings. The zero-order valence-corrected chi connectivity index (χ0v) is 23.7. The van der Waals surface area contributed by atoms with Gasteiger partial charge in [0.15, 0.2) is 11.6 Å². The van der Waals surface area contributed by atoms with Gasteiger partial charge in [0, 0.05) is 36.1 Å². The van der Waals surface area contributed by atoms with Gasteiger partial charge in [-0.15, -0.1) is 0 Å². The highest BCUT2D eigenvalue weighted by Gasteiger charge is 2.27. The smallest absolute Gasteiger partial charge is 0.219 e. The lowest BCUT2D eigenvalue weighted by Crippen LogP contribution is -2.45. The predicted molar refractivity (Wildman–Crippen MR) is 159 cm³/mol. The van der Waals surface area contributed by atoms with E-state index in [1.165, 1.54) is 53.2 Å². The number of nitrogen functional groups attached to an aromatic ring is 1. The molecule has 9 nitrogen and oxygen atoms in total. The Morgan fingerprint density at radius 1 is 1.09 bits per heavy atom. The topological polar surface area (TPSA) is 114 Å². The number of para-hydroxylation sites is 1. The second-order valence-corrected chi connectivity index (χ2v) is 11.2. The number of aromatic nitrogens is 4. The summed E-state index contributed by atoms with van der Waals surface area (Å²) in [6, 6.07) is 11.8. The summed E-state index contributed by atoms with van der Waals surface area (Å²) in [6.07, 6.45) is 6.17. The van der Waals surface area contributed by atoms with Crippen molar-refractivity contribution in [2.45, 2.75) is 38.8 Å². The molecule has 2 aliphatic heterocycles. The van der Waals surface area contributed by atoms with Crippen molar-refractivity contribution in [3.8, 4) is 17.3 Å². The summed E-state index contributed by atoms with van der Waals surface area (Å²) in [5.41, 5.74) is 11.8. The van der Waals surface area contributed by atoms with E-state index < -0.39 is 17.4 Å². The predicted octanol–water partition coefficient (Wildman–Crippen LogP) is 5.05. The van der Waals surface area contributed by atoms with Crippen LogP contribution in [0.1, 0.15) is 45.6 Å². The van der Waals surface area contributed by atoms with Gasteiger partial charge in [-0.1, -0.05) is 12.1 Å². The molecule has 0 amide bonds. The second kappa shape index (κ2) is 10.9. The number of H-pyrrole nitrogens is 1. The van der Waals surface area contributed by atoms with Crippen molar-refractivity contribution in [3.05, 3.63) is 94.4 Å². The van der Waals surface area contributed by atoms with Gasteiger partial charge in [0.25, 0.3) is 0 Å². The molecule has 11 heteroatoms. The van der Waals surface area contributed by atoms with Crippen molar-refractivity contribution in [1.29, 1.82) is 0 Å². The number of hydrogen-bond donors (Lipinski definition) is 3. The van der Waals surface area contributed by atoms with Crippen LogP contribution in [0.4, 0.5) is 14.6 Å². The van der Waals surface area contributed by atoms with Gasteiger partial charge >= 0.3 is 0 Å². The maximum atomic E-state index is 14.0. The number of aromatic amines is 1. The number of nitrogens with zero attached hydrogens (tertiary/aromatic N) is 4. The first-order valence-electron chi connectivity index (χ1n) is 14.4. The number of aryl methyl sites for hydroxylation is 1. The van der Waals surface area contributed by atoms with E-state index in [4.69, 9.17) is 10.5 Å². The third kappa shape index (κ3) is 4.94. The highest BCUT2D eigenvalue weighted by atomic mass is 19.1.